The van der Waals surface area contributed by atoms with Crippen LogP contribution in [0.15, 0.2) is 43.0 Å². The molecule has 0 aromatic heterocycles. The van der Waals surface area contributed by atoms with E-state index in [1.54, 1.807) is 30.3 Å². The fraction of sp³-hybridized carbons (Fsp3) is 0.375. The number of nitrogens with one attached hydrogen (secondary N) is 1. The molecule has 1 fully saturated rings. The van der Waals surface area contributed by atoms with Crippen LogP contribution in [0.2, 0.25) is 0 Å². The summed E-state index contributed by atoms with van der Waals surface area (Å²) in [6, 6.07) is 8.73. The highest BCUT2D eigenvalue weighted by Gasteiger charge is 2.47. The van der Waals surface area contributed by atoms with Crippen molar-refractivity contribution in [3.8, 4) is 0 Å². The largest absolute Gasteiger partial charge is 0.456 e. The summed E-state index contributed by atoms with van der Waals surface area (Å²) in [5, 5.41) is 2.70. The van der Waals surface area contributed by atoms with E-state index in [0.717, 1.165) is 0 Å². The second-order valence-electron chi connectivity index (χ2n) is 5.38. The molecule has 1 heterocycles. The van der Waals surface area contributed by atoms with Crippen molar-refractivity contribution in [1.29, 1.82) is 0 Å². The highest BCUT2D eigenvalue weighted by Crippen LogP contribution is 2.27. The predicted molar refractivity (Wildman–Crippen MR) is 77.9 cm³/mol. The van der Waals surface area contributed by atoms with Crippen LogP contribution in [-0.4, -0.2) is 30.3 Å². The number of alkyl carbamates (subject to hydrolysis) is 1. The van der Waals surface area contributed by atoms with Crippen LogP contribution in [0, 0.1) is 5.92 Å². The van der Waals surface area contributed by atoms with Gasteiger partial charge in [-0.1, -0.05) is 38.1 Å². The van der Waals surface area contributed by atoms with Crippen molar-refractivity contribution in [1.82, 2.24) is 5.32 Å². The number of esters is 1. The van der Waals surface area contributed by atoms with Gasteiger partial charge in [-0.25, -0.2) is 9.59 Å². The van der Waals surface area contributed by atoms with Gasteiger partial charge >= 0.3 is 12.1 Å². The van der Waals surface area contributed by atoms with E-state index in [1.165, 1.54) is 0 Å². The quantitative estimate of drug-likeness (QED) is 0.668. The summed E-state index contributed by atoms with van der Waals surface area (Å²) in [7, 11) is 0. The SMILES string of the molecule is C=C[C@@]1([C@H](OC(=O)c2ccccc2)C(C)C)COC(=O)N1. The number of carbonyl (C=O) groups excluding carboxylic acids is 2. The van der Waals surface area contributed by atoms with Gasteiger partial charge in [0.15, 0.2) is 0 Å². The number of amides is 1. The van der Waals surface area contributed by atoms with Crippen molar-refractivity contribution in [2.45, 2.75) is 25.5 Å². The van der Waals surface area contributed by atoms with Crippen LogP contribution >= 0.6 is 0 Å². The van der Waals surface area contributed by atoms with Gasteiger partial charge in [-0.3, -0.25) is 0 Å². The average Bonchev–Trinajstić information content (AvgIpc) is 2.87. The maximum atomic E-state index is 12.2. The first-order valence-corrected chi connectivity index (χ1v) is 6.83. The molecule has 0 aliphatic carbocycles. The minimum absolute atomic E-state index is 0.0161. The summed E-state index contributed by atoms with van der Waals surface area (Å²) < 4.78 is 10.6. The zero-order chi connectivity index (χ0) is 15.5. The van der Waals surface area contributed by atoms with Crippen LogP contribution in [0.25, 0.3) is 0 Å². The Bertz CT molecular complexity index is 540. The Morgan fingerprint density at radius 1 is 1.43 bits per heavy atom. The number of carbonyl (C=O) groups is 2. The summed E-state index contributed by atoms with van der Waals surface area (Å²) >= 11 is 0. The molecule has 5 nitrogen and oxygen atoms in total. The van der Waals surface area contributed by atoms with Crippen molar-refractivity contribution in [3.63, 3.8) is 0 Å². The van der Waals surface area contributed by atoms with E-state index in [9.17, 15) is 9.59 Å². The van der Waals surface area contributed by atoms with E-state index in [1.807, 2.05) is 19.9 Å². The molecular formula is C16H19NO4. The Labute approximate surface area is 123 Å². The van der Waals surface area contributed by atoms with Crippen LogP contribution in [0.3, 0.4) is 0 Å². The topological polar surface area (TPSA) is 64.6 Å². The Morgan fingerprint density at radius 2 is 2.10 bits per heavy atom. The van der Waals surface area contributed by atoms with Gasteiger partial charge in [-0.2, -0.15) is 0 Å². The monoisotopic (exact) mass is 289 g/mol. The van der Waals surface area contributed by atoms with E-state index < -0.39 is 23.7 Å². The van der Waals surface area contributed by atoms with Crippen molar-refractivity contribution < 1.29 is 19.1 Å². The summed E-state index contributed by atoms with van der Waals surface area (Å²) in [5.74, 6) is -0.450. The molecule has 0 spiro atoms. The molecule has 1 saturated heterocycles. The van der Waals surface area contributed by atoms with Crippen molar-refractivity contribution in [2.75, 3.05) is 6.61 Å². The van der Waals surface area contributed by atoms with Crippen molar-refractivity contribution >= 4 is 12.1 Å². The average molecular weight is 289 g/mol. The molecule has 2 atom stereocenters. The van der Waals surface area contributed by atoms with E-state index >= 15 is 0 Å². The zero-order valence-corrected chi connectivity index (χ0v) is 12.2. The van der Waals surface area contributed by atoms with Gasteiger partial charge in [-0.05, 0) is 18.1 Å². The number of hydrogen-bond acceptors (Lipinski definition) is 4. The number of hydrogen-bond donors (Lipinski definition) is 1. The molecule has 1 N–H and O–H groups in total. The molecule has 112 valence electrons. The van der Waals surface area contributed by atoms with Gasteiger partial charge in [0, 0.05) is 0 Å². The lowest BCUT2D eigenvalue weighted by molar-refractivity contribution is -0.00717. The van der Waals surface area contributed by atoms with Crippen LogP contribution in [0.5, 0.6) is 0 Å². The Kier molecular flexibility index (Phi) is 4.31. The predicted octanol–water partition coefficient (Wildman–Crippen LogP) is 2.53. The van der Waals surface area contributed by atoms with Gasteiger partial charge in [-0.15, -0.1) is 6.58 Å². The molecule has 0 radical (unpaired) electrons. The molecule has 5 heteroatoms. The summed E-state index contributed by atoms with van der Waals surface area (Å²) in [6.45, 7) is 7.67. The zero-order valence-electron chi connectivity index (χ0n) is 12.2. The van der Waals surface area contributed by atoms with E-state index in [2.05, 4.69) is 11.9 Å². The standard InChI is InChI=1S/C16H19NO4/c1-4-16(10-20-15(19)17-16)13(11(2)3)21-14(18)12-8-6-5-7-9-12/h4-9,11,13H,1,10H2,2-3H3,(H,17,19)/t13-,16+/m1/s1. The Hall–Kier alpha value is -2.30. The second-order valence-corrected chi connectivity index (χ2v) is 5.38. The number of ether oxygens (including phenoxy) is 2. The third-order valence-electron chi connectivity index (χ3n) is 3.50. The summed E-state index contributed by atoms with van der Waals surface area (Å²) in [6.07, 6.45) is 0.478. The fourth-order valence-electron chi connectivity index (χ4n) is 2.42. The first-order chi connectivity index (χ1) is 9.98. The lowest BCUT2D eigenvalue weighted by Crippen LogP contribution is -2.55. The molecule has 2 rings (SSSR count). The highest BCUT2D eigenvalue weighted by atomic mass is 16.6. The summed E-state index contributed by atoms with van der Waals surface area (Å²) in [4.78, 5) is 23.6. The second kappa shape index (κ2) is 5.99. The lowest BCUT2D eigenvalue weighted by atomic mass is 9.86. The van der Waals surface area contributed by atoms with E-state index in [-0.39, 0.29) is 12.5 Å². The Balaban J connectivity index is 2.22. The van der Waals surface area contributed by atoms with Gasteiger partial charge in [0.1, 0.15) is 18.2 Å². The number of cyclic esters (lactones) is 1. The van der Waals surface area contributed by atoms with Gasteiger partial charge in [0.2, 0.25) is 0 Å². The van der Waals surface area contributed by atoms with Gasteiger partial charge < -0.3 is 14.8 Å². The van der Waals surface area contributed by atoms with Gasteiger partial charge in [0.05, 0.1) is 5.56 Å². The molecule has 21 heavy (non-hydrogen) atoms. The lowest BCUT2D eigenvalue weighted by Gasteiger charge is -2.34. The third-order valence-corrected chi connectivity index (χ3v) is 3.50. The Morgan fingerprint density at radius 3 is 2.57 bits per heavy atom. The molecular weight excluding hydrogens is 270 g/mol. The van der Waals surface area contributed by atoms with E-state index in [0.29, 0.717) is 5.56 Å². The minimum atomic E-state index is -0.893. The highest BCUT2D eigenvalue weighted by molar-refractivity contribution is 5.89. The minimum Gasteiger partial charge on any atom is -0.456 e. The van der Waals surface area contributed by atoms with Gasteiger partial charge in [0.25, 0.3) is 0 Å². The molecule has 1 aliphatic heterocycles. The molecule has 0 unspecified atom stereocenters. The maximum Gasteiger partial charge on any atom is 0.408 e. The van der Waals surface area contributed by atoms with Crippen LogP contribution < -0.4 is 5.32 Å². The smallest absolute Gasteiger partial charge is 0.408 e. The molecule has 1 amide bonds. The first-order valence-electron chi connectivity index (χ1n) is 6.83. The molecule has 1 aromatic rings. The summed E-state index contributed by atoms with van der Waals surface area (Å²) in [5.41, 5.74) is -0.428. The fourth-order valence-corrected chi connectivity index (χ4v) is 2.42. The van der Waals surface area contributed by atoms with E-state index in [4.69, 9.17) is 9.47 Å². The van der Waals surface area contributed by atoms with Crippen molar-refractivity contribution in [3.05, 3.63) is 48.6 Å². The van der Waals surface area contributed by atoms with Crippen LogP contribution in [-0.2, 0) is 9.47 Å². The molecule has 1 aromatic carbocycles. The maximum absolute atomic E-state index is 12.2. The molecule has 0 bridgehead atoms. The molecule has 0 saturated carbocycles. The third kappa shape index (κ3) is 3.07. The van der Waals surface area contributed by atoms with Crippen LogP contribution in [0.4, 0.5) is 4.79 Å². The normalized spacial score (nSPS) is 22.3. The van der Waals surface area contributed by atoms with Crippen LogP contribution in [0.1, 0.15) is 24.2 Å². The first kappa shape index (κ1) is 15.1. The van der Waals surface area contributed by atoms with Crippen molar-refractivity contribution in [2.24, 2.45) is 5.92 Å². The molecule has 1 aliphatic rings. The number of rotatable bonds is 5. The number of benzene rings is 1.